The first-order chi connectivity index (χ1) is 18.8. The van der Waals surface area contributed by atoms with Crippen LogP contribution in [0.15, 0.2) is 134 Å². The van der Waals surface area contributed by atoms with Crippen molar-refractivity contribution < 1.29 is 4.74 Å². The Hall–Kier alpha value is -5.29. The molecule has 0 fully saturated rings. The van der Waals surface area contributed by atoms with E-state index >= 15 is 0 Å². The van der Waals surface area contributed by atoms with E-state index in [1.165, 1.54) is 0 Å². The first kappa shape index (κ1) is 21.9. The number of nitrogens with zero attached hydrogens (tertiary/aromatic N) is 4. The first-order valence-electron chi connectivity index (χ1n) is 12.4. The van der Waals surface area contributed by atoms with E-state index in [2.05, 4.69) is 63.4 Å². The summed E-state index contributed by atoms with van der Waals surface area (Å²) in [6, 6.07) is 37.1. The molecular formula is C33H22N4O. The second kappa shape index (κ2) is 9.30. The van der Waals surface area contributed by atoms with Gasteiger partial charge in [0, 0.05) is 41.6 Å². The van der Waals surface area contributed by atoms with Gasteiger partial charge in [-0.15, -0.1) is 0 Å². The summed E-state index contributed by atoms with van der Waals surface area (Å²) in [5.74, 6) is 1.68. The van der Waals surface area contributed by atoms with Crippen molar-refractivity contribution in [3.05, 3.63) is 134 Å². The molecule has 0 spiro atoms. The highest BCUT2D eigenvalue weighted by molar-refractivity contribution is 5.87. The third-order valence-corrected chi connectivity index (χ3v) is 6.67. The summed E-state index contributed by atoms with van der Waals surface area (Å²) >= 11 is 0. The van der Waals surface area contributed by atoms with Crippen LogP contribution in [-0.4, -0.2) is 15.0 Å². The van der Waals surface area contributed by atoms with Crippen molar-refractivity contribution >= 4 is 17.1 Å². The molecule has 3 aromatic heterocycles. The van der Waals surface area contributed by atoms with Gasteiger partial charge in [0.1, 0.15) is 0 Å². The fourth-order valence-electron chi connectivity index (χ4n) is 4.82. The second-order valence-corrected chi connectivity index (χ2v) is 9.02. The van der Waals surface area contributed by atoms with Crippen LogP contribution in [0.5, 0.6) is 11.5 Å². The molecule has 0 N–H and O–H groups in total. The summed E-state index contributed by atoms with van der Waals surface area (Å²) in [6.07, 6.45) is 7.18. The maximum Gasteiger partial charge on any atom is 0.151 e. The van der Waals surface area contributed by atoms with Crippen LogP contribution >= 0.6 is 0 Å². The summed E-state index contributed by atoms with van der Waals surface area (Å²) < 4.78 is 6.18. The molecule has 1 aliphatic rings. The highest BCUT2D eigenvalue weighted by atomic mass is 16.5. The Bertz CT molecular complexity index is 1630. The van der Waals surface area contributed by atoms with Crippen LogP contribution in [0.4, 0.5) is 17.1 Å². The Labute approximate surface area is 220 Å². The van der Waals surface area contributed by atoms with E-state index in [4.69, 9.17) is 9.72 Å². The zero-order valence-corrected chi connectivity index (χ0v) is 20.4. The van der Waals surface area contributed by atoms with Crippen LogP contribution in [0.2, 0.25) is 0 Å². The van der Waals surface area contributed by atoms with Crippen LogP contribution in [0, 0.1) is 0 Å². The van der Waals surface area contributed by atoms with Gasteiger partial charge in [-0.3, -0.25) is 9.97 Å². The predicted octanol–water partition coefficient (Wildman–Crippen LogP) is 8.45. The van der Waals surface area contributed by atoms with Gasteiger partial charge in [-0.05, 0) is 83.9 Å². The Kier molecular flexibility index (Phi) is 5.37. The maximum atomic E-state index is 6.18. The van der Waals surface area contributed by atoms with Crippen molar-refractivity contribution in [1.29, 1.82) is 0 Å². The van der Waals surface area contributed by atoms with Crippen molar-refractivity contribution in [2.75, 3.05) is 4.90 Å². The van der Waals surface area contributed by atoms with Gasteiger partial charge in [0.15, 0.2) is 11.5 Å². The van der Waals surface area contributed by atoms with Gasteiger partial charge in [0.05, 0.1) is 22.8 Å². The molecule has 0 saturated heterocycles. The van der Waals surface area contributed by atoms with Crippen molar-refractivity contribution in [2.45, 2.75) is 0 Å². The number of benzene rings is 3. The molecule has 0 aliphatic carbocycles. The number of hydrogen-bond donors (Lipinski definition) is 0. The van der Waals surface area contributed by atoms with E-state index in [1.807, 2.05) is 60.7 Å². The molecule has 0 saturated carbocycles. The van der Waals surface area contributed by atoms with Gasteiger partial charge in [0.2, 0.25) is 0 Å². The van der Waals surface area contributed by atoms with Gasteiger partial charge in [-0.1, -0.05) is 36.4 Å². The molecule has 0 unspecified atom stereocenters. The lowest BCUT2D eigenvalue weighted by Crippen LogP contribution is -2.15. The Balaban J connectivity index is 1.32. The van der Waals surface area contributed by atoms with E-state index in [9.17, 15) is 0 Å². The molecule has 6 aromatic rings. The maximum absolute atomic E-state index is 6.18. The smallest absolute Gasteiger partial charge is 0.151 e. The van der Waals surface area contributed by atoms with Gasteiger partial charge in [-0.25, -0.2) is 4.98 Å². The molecule has 0 atom stereocenters. The molecule has 38 heavy (non-hydrogen) atoms. The van der Waals surface area contributed by atoms with Crippen LogP contribution in [0.3, 0.4) is 0 Å². The average Bonchev–Trinajstić information content (AvgIpc) is 3.00. The molecule has 4 heterocycles. The lowest BCUT2D eigenvalue weighted by atomic mass is 10.00. The molecule has 5 heteroatoms. The van der Waals surface area contributed by atoms with Crippen LogP contribution in [0.1, 0.15) is 0 Å². The van der Waals surface area contributed by atoms with E-state index in [-0.39, 0.29) is 0 Å². The monoisotopic (exact) mass is 490 g/mol. The van der Waals surface area contributed by atoms with E-state index in [0.717, 1.165) is 62.2 Å². The molecule has 3 aromatic carbocycles. The molecule has 0 amide bonds. The fourth-order valence-corrected chi connectivity index (χ4v) is 4.82. The van der Waals surface area contributed by atoms with Gasteiger partial charge in [-0.2, -0.15) is 0 Å². The van der Waals surface area contributed by atoms with Gasteiger partial charge >= 0.3 is 0 Å². The zero-order valence-electron chi connectivity index (χ0n) is 20.4. The molecule has 7 rings (SSSR count). The minimum atomic E-state index is 0.841. The fraction of sp³-hybridized carbons (Fsp3) is 0. The highest BCUT2D eigenvalue weighted by Gasteiger charge is 2.25. The third kappa shape index (κ3) is 3.96. The lowest BCUT2D eigenvalue weighted by Gasteiger charge is -2.32. The number of rotatable bonds is 4. The standard InChI is InChI=1S/C33H22N4O/c1-3-7-32-30(5-1)37(31-6-2-4-8-33(31)38-32)27-11-9-23(10-12-27)26-21-28(24-13-17-34-18-14-24)36-29(22-26)25-15-19-35-20-16-25/h1-22H. The average molecular weight is 491 g/mol. The van der Waals surface area contributed by atoms with Crippen LogP contribution in [-0.2, 0) is 0 Å². The number of aromatic nitrogens is 3. The number of para-hydroxylation sites is 4. The Morgan fingerprint density at radius 3 is 1.50 bits per heavy atom. The number of fused-ring (bicyclic) bond motifs is 2. The SMILES string of the molecule is c1ccc2c(c1)Oc1ccccc1N2c1ccc(-c2cc(-c3ccncc3)nc(-c3ccncc3)c2)cc1. The summed E-state index contributed by atoms with van der Waals surface area (Å²) in [6.45, 7) is 0. The van der Waals surface area contributed by atoms with Crippen LogP contribution < -0.4 is 9.64 Å². The van der Waals surface area contributed by atoms with E-state index in [0.29, 0.717) is 0 Å². The minimum absolute atomic E-state index is 0.841. The number of pyridine rings is 3. The van der Waals surface area contributed by atoms with E-state index < -0.39 is 0 Å². The number of hydrogen-bond acceptors (Lipinski definition) is 5. The van der Waals surface area contributed by atoms with Crippen molar-refractivity contribution in [1.82, 2.24) is 15.0 Å². The second-order valence-electron chi connectivity index (χ2n) is 9.02. The molecule has 1 aliphatic heterocycles. The lowest BCUT2D eigenvalue weighted by molar-refractivity contribution is 0.477. The highest BCUT2D eigenvalue weighted by Crippen LogP contribution is 2.50. The molecule has 5 nitrogen and oxygen atoms in total. The van der Waals surface area contributed by atoms with Crippen molar-refractivity contribution in [3.63, 3.8) is 0 Å². The normalized spacial score (nSPS) is 11.8. The predicted molar refractivity (Wildman–Crippen MR) is 151 cm³/mol. The Morgan fingerprint density at radius 1 is 0.474 bits per heavy atom. The number of ether oxygens (including phenoxy) is 1. The van der Waals surface area contributed by atoms with Gasteiger partial charge < -0.3 is 9.64 Å². The quantitative estimate of drug-likeness (QED) is 0.248. The minimum Gasteiger partial charge on any atom is -0.453 e. The van der Waals surface area contributed by atoms with Crippen LogP contribution in [0.25, 0.3) is 33.6 Å². The van der Waals surface area contributed by atoms with Gasteiger partial charge in [0.25, 0.3) is 0 Å². The summed E-state index contributed by atoms with van der Waals surface area (Å²) in [5.41, 5.74) is 9.14. The molecule has 0 radical (unpaired) electrons. The third-order valence-electron chi connectivity index (χ3n) is 6.67. The number of anilines is 3. The van der Waals surface area contributed by atoms with Crippen molar-refractivity contribution in [3.8, 4) is 45.1 Å². The molecule has 0 bridgehead atoms. The summed E-state index contributed by atoms with van der Waals surface area (Å²) in [7, 11) is 0. The van der Waals surface area contributed by atoms with E-state index in [1.54, 1.807) is 24.8 Å². The summed E-state index contributed by atoms with van der Waals surface area (Å²) in [4.78, 5) is 15.5. The molecule has 180 valence electrons. The molecular weight excluding hydrogens is 468 g/mol. The summed E-state index contributed by atoms with van der Waals surface area (Å²) in [5, 5.41) is 0. The first-order valence-corrected chi connectivity index (χ1v) is 12.4. The Morgan fingerprint density at radius 2 is 0.974 bits per heavy atom. The topological polar surface area (TPSA) is 51.1 Å². The zero-order chi connectivity index (χ0) is 25.3. The van der Waals surface area contributed by atoms with Crippen molar-refractivity contribution in [2.24, 2.45) is 0 Å². The largest absolute Gasteiger partial charge is 0.453 e.